The summed E-state index contributed by atoms with van der Waals surface area (Å²) in [5.41, 5.74) is 1.09. The molecule has 1 heterocycles. The number of thiazole rings is 1. The van der Waals surface area contributed by atoms with Gasteiger partial charge >= 0.3 is 0 Å². The summed E-state index contributed by atoms with van der Waals surface area (Å²) in [5, 5.41) is 6.74. The Labute approximate surface area is 127 Å². The summed E-state index contributed by atoms with van der Waals surface area (Å²) in [6.07, 6.45) is 5.56. The standard InChI is InChI=1S/C16H28N2OS/c1-12(2)8-17-9-16-18-14(11-20-16)10-19-15-6-4-5-13(3)7-15/h11-13,15,17H,4-10H2,1-3H3. The summed E-state index contributed by atoms with van der Waals surface area (Å²) in [5.74, 6) is 1.51. The smallest absolute Gasteiger partial charge is 0.107 e. The monoisotopic (exact) mass is 296 g/mol. The van der Waals surface area contributed by atoms with Crippen molar-refractivity contribution in [2.24, 2.45) is 11.8 Å². The third kappa shape index (κ3) is 5.51. The molecule has 1 fully saturated rings. The predicted molar refractivity (Wildman–Crippen MR) is 84.9 cm³/mol. The minimum absolute atomic E-state index is 0.447. The van der Waals surface area contributed by atoms with Crippen molar-refractivity contribution in [1.82, 2.24) is 10.3 Å². The van der Waals surface area contributed by atoms with Crippen LogP contribution in [0.15, 0.2) is 5.38 Å². The largest absolute Gasteiger partial charge is 0.372 e. The van der Waals surface area contributed by atoms with E-state index >= 15 is 0 Å². The second kappa shape index (κ2) is 8.11. The average Bonchev–Trinajstić information content (AvgIpc) is 2.84. The molecule has 0 radical (unpaired) electrons. The highest BCUT2D eigenvalue weighted by molar-refractivity contribution is 7.09. The average molecular weight is 296 g/mol. The molecule has 2 rings (SSSR count). The molecule has 2 atom stereocenters. The zero-order chi connectivity index (χ0) is 14.4. The van der Waals surface area contributed by atoms with Crippen LogP contribution in [0.5, 0.6) is 0 Å². The molecule has 0 aliphatic heterocycles. The van der Waals surface area contributed by atoms with Gasteiger partial charge in [0.1, 0.15) is 5.01 Å². The lowest BCUT2D eigenvalue weighted by molar-refractivity contribution is 0.00336. The van der Waals surface area contributed by atoms with E-state index in [1.807, 2.05) is 0 Å². The van der Waals surface area contributed by atoms with Gasteiger partial charge in [-0.1, -0.05) is 33.6 Å². The number of rotatable bonds is 7. The summed E-state index contributed by atoms with van der Waals surface area (Å²) >= 11 is 1.73. The molecule has 1 aliphatic carbocycles. The summed E-state index contributed by atoms with van der Waals surface area (Å²) < 4.78 is 6.02. The molecule has 4 heteroatoms. The fourth-order valence-corrected chi connectivity index (χ4v) is 3.45. The zero-order valence-electron chi connectivity index (χ0n) is 13.0. The van der Waals surface area contributed by atoms with Crippen LogP contribution in [0.2, 0.25) is 0 Å². The summed E-state index contributed by atoms with van der Waals surface area (Å²) in [6, 6.07) is 0. The Hall–Kier alpha value is -0.450. The predicted octanol–water partition coefficient (Wildman–Crippen LogP) is 3.98. The number of aromatic nitrogens is 1. The first kappa shape index (κ1) is 15.9. The lowest BCUT2D eigenvalue weighted by Gasteiger charge is -2.26. The Bertz CT molecular complexity index is 392. The third-order valence-corrected chi connectivity index (χ3v) is 4.68. The van der Waals surface area contributed by atoms with E-state index in [1.54, 1.807) is 11.3 Å². The molecule has 1 saturated carbocycles. The molecule has 0 aromatic carbocycles. The Morgan fingerprint density at radius 1 is 1.45 bits per heavy atom. The molecular weight excluding hydrogens is 268 g/mol. The van der Waals surface area contributed by atoms with E-state index < -0.39 is 0 Å². The van der Waals surface area contributed by atoms with Gasteiger partial charge in [0, 0.05) is 11.9 Å². The molecule has 0 bridgehead atoms. The second-order valence-corrected chi connectivity index (χ2v) is 7.40. The summed E-state index contributed by atoms with van der Waals surface area (Å²) in [7, 11) is 0. The van der Waals surface area contributed by atoms with Crippen molar-refractivity contribution in [3.8, 4) is 0 Å². The van der Waals surface area contributed by atoms with Crippen molar-refractivity contribution in [3.63, 3.8) is 0 Å². The Kier molecular flexibility index (Phi) is 6.46. The first-order valence-corrected chi connectivity index (χ1v) is 8.77. The zero-order valence-corrected chi connectivity index (χ0v) is 13.8. The van der Waals surface area contributed by atoms with E-state index in [-0.39, 0.29) is 0 Å². The van der Waals surface area contributed by atoms with Crippen LogP contribution >= 0.6 is 11.3 Å². The number of nitrogens with one attached hydrogen (secondary N) is 1. The van der Waals surface area contributed by atoms with E-state index in [1.165, 1.54) is 30.7 Å². The number of ether oxygens (including phenoxy) is 1. The van der Waals surface area contributed by atoms with Crippen molar-refractivity contribution in [2.75, 3.05) is 6.54 Å². The Morgan fingerprint density at radius 2 is 2.30 bits per heavy atom. The van der Waals surface area contributed by atoms with E-state index in [4.69, 9.17) is 4.74 Å². The lowest BCUT2D eigenvalue weighted by atomic mass is 9.89. The molecule has 0 amide bonds. The quantitative estimate of drug-likeness (QED) is 0.826. The SMILES string of the molecule is CC(C)CNCc1nc(COC2CCCC(C)C2)cs1. The van der Waals surface area contributed by atoms with Crippen LogP contribution in [-0.4, -0.2) is 17.6 Å². The molecule has 0 saturated heterocycles. The fourth-order valence-electron chi connectivity index (χ4n) is 2.70. The van der Waals surface area contributed by atoms with Crippen LogP contribution in [0.25, 0.3) is 0 Å². The molecule has 20 heavy (non-hydrogen) atoms. The van der Waals surface area contributed by atoms with Gasteiger partial charge in [-0.25, -0.2) is 4.98 Å². The normalized spacial score (nSPS) is 23.4. The Balaban J connectivity index is 1.69. The topological polar surface area (TPSA) is 34.2 Å². The van der Waals surface area contributed by atoms with Gasteiger partial charge in [-0.2, -0.15) is 0 Å². The van der Waals surface area contributed by atoms with Crippen molar-refractivity contribution < 1.29 is 4.74 Å². The number of hydrogen-bond acceptors (Lipinski definition) is 4. The van der Waals surface area contributed by atoms with Crippen LogP contribution in [-0.2, 0) is 17.9 Å². The molecule has 1 aromatic heterocycles. The van der Waals surface area contributed by atoms with Crippen LogP contribution in [0.4, 0.5) is 0 Å². The van der Waals surface area contributed by atoms with Gasteiger partial charge in [-0.15, -0.1) is 11.3 Å². The van der Waals surface area contributed by atoms with Gasteiger partial charge in [-0.3, -0.25) is 0 Å². The molecule has 114 valence electrons. The second-order valence-electron chi connectivity index (χ2n) is 6.46. The van der Waals surface area contributed by atoms with E-state index in [0.717, 1.165) is 24.7 Å². The fraction of sp³-hybridized carbons (Fsp3) is 0.812. The van der Waals surface area contributed by atoms with Crippen molar-refractivity contribution >= 4 is 11.3 Å². The first-order valence-electron chi connectivity index (χ1n) is 7.89. The van der Waals surface area contributed by atoms with E-state index in [9.17, 15) is 0 Å². The maximum absolute atomic E-state index is 6.02. The van der Waals surface area contributed by atoms with Crippen LogP contribution in [0.1, 0.15) is 57.2 Å². The van der Waals surface area contributed by atoms with Gasteiger partial charge in [-0.05, 0) is 31.2 Å². The van der Waals surface area contributed by atoms with Crippen molar-refractivity contribution in [2.45, 2.75) is 65.7 Å². The van der Waals surface area contributed by atoms with Gasteiger partial charge < -0.3 is 10.1 Å². The van der Waals surface area contributed by atoms with E-state index in [2.05, 4.69) is 36.5 Å². The molecule has 1 aromatic rings. The highest BCUT2D eigenvalue weighted by Gasteiger charge is 2.19. The number of hydrogen-bond donors (Lipinski definition) is 1. The minimum atomic E-state index is 0.447. The maximum Gasteiger partial charge on any atom is 0.107 e. The van der Waals surface area contributed by atoms with Crippen molar-refractivity contribution in [3.05, 3.63) is 16.1 Å². The molecular formula is C16H28N2OS. The minimum Gasteiger partial charge on any atom is -0.372 e. The highest BCUT2D eigenvalue weighted by atomic mass is 32.1. The maximum atomic E-state index is 6.02. The molecule has 2 unspecified atom stereocenters. The van der Waals surface area contributed by atoms with Crippen LogP contribution in [0.3, 0.4) is 0 Å². The molecule has 1 aliphatic rings. The van der Waals surface area contributed by atoms with Gasteiger partial charge in [0.25, 0.3) is 0 Å². The van der Waals surface area contributed by atoms with Crippen molar-refractivity contribution in [1.29, 1.82) is 0 Å². The van der Waals surface area contributed by atoms with Crippen LogP contribution in [0, 0.1) is 11.8 Å². The van der Waals surface area contributed by atoms with Gasteiger partial charge in [0.05, 0.1) is 18.4 Å². The van der Waals surface area contributed by atoms with Gasteiger partial charge in [0.2, 0.25) is 0 Å². The van der Waals surface area contributed by atoms with Gasteiger partial charge in [0.15, 0.2) is 0 Å². The lowest BCUT2D eigenvalue weighted by Crippen LogP contribution is -2.21. The van der Waals surface area contributed by atoms with E-state index in [0.29, 0.717) is 18.6 Å². The molecule has 3 nitrogen and oxygen atoms in total. The highest BCUT2D eigenvalue weighted by Crippen LogP contribution is 2.26. The summed E-state index contributed by atoms with van der Waals surface area (Å²) in [4.78, 5) is 4.64. The molecule has 1 N–H and O–H groups in total. The number of nitrogens with zero attached hydrogens (tertiary/aromatic N) is 1. The molecule has 0 spiro atoms. The van der Waals surface area contributed by atoms with Crippen LogP contribution < -0.4 is 5.32 Å². The Morgan fingerprint density at radius 3 is 3.05 bits per heavy atom. The summed E-state index contributed by atoms with van der Waals surface area (Å²) in [6.45, 7) is 9.38. The third-order valence-electron chi connectivity index (χ3n) is 3.78. The first-order chi connectivity index (χ1) is 9.63.